The Morgan fingerprint density at radius 1 is 1.37 bits per heavy atom. The maximum atomic E-state index is 11.5. The fraction of sp³-hybridized carbons (Fsp3) is 0.500. The van der Waals surface area contributed by atoms with E-state index in [1.165, 1.54) is 0 Å². The van der Waals surface area contributed by atoms with Gasteiger partial charge in [-0.1, -0.05) is 13.0 Å². The summed E-state index contributed by atoms with van der Waals surface area (Å²) in [7, 11) is 0. The van der Waals surface area contributed by atoms with Crippen molar-refractivity contribution in [2.45, 2.75) is 19.3 Å². The van der Waals surface area contributed by atoms with Gasteiger partial charge in [0.2, 0.25) is 6.79 Å². The third-order valence-corrected chi connectivity index (χ3v) is 3.70. The second-order valence-electron chi connectivity index (χ2n) is 5.51. The summed E-state index contributed by atoms with van der Waals surface area (Å²) in [5, 5.41) is 9.45. The summed E-state index contributed by atoms with van der Waals surface area (Å²) in [5.41, 5.74) is 0.712. The molecular formula is C14H16O5. The number of ether oxygens (including phenoxy) is 3. The lowest BCUT2D eigenvalue weighted by Crippen LogP contribution is -2.41. The van der Waals surface area contributed by atoms with Crippen LogP contribution in [0.4, 0.5) is 0 Å². The predicted molar refractivity (Wildman–Crippen MR) is 66.5 cm³/mol. The lowest BCUT2D eigenvalue weighted by Gasteiger charge is -2.39. The Bertz CT molecular complexity index is 507. The molecule has 102 valence electrons. The van der Waals surface area contributed by atoms with Crippen molar-refractivity contribution in [3.8, 4) is 11.5 Å². The maximum absolute atomic E-state index is 11.5. The third kappa shape index (κ3) is 2.26. The molecule has 1 fully saturated rings. The Balaban J connectivity index is 1.85. The molecule has 0 spiro atoms. The van der Waals surface area contributed by atoms with Crippen LogP contribution in [0.25, 0.3) is 0 Å². The van der Waals surface area contributed by atoms with Crippen molar-refractivity contribution in [1.29, 1.82) is 0 Å². The molecule has 5 nitrogen and oxygen atoms in total. The van der Waals surface area contributed by atoms with Gasteiger partial charge in [0.15, 0.2) is 11.5 Å². The lowest BCUT2D eigenvalue weighted by molar-refractivity contribution is -0.145. The first kappa shape index (κ1) is 12.3. The highest BCUT2D eigenvalue weighted by molar-refractivity contribution is 5.76. The summed E-state index contributed by atoms with van der Waals surface area (Å²) in [6.07, 6.45) is 0.571. The van der Waals surface area contributed by atoms with Gasteiger partial charge >= 0.3 is 5.97 Å². The van der Waals surface area contributed by atoms with Crippen LogP contribution in [0.3, 0.4) is 0 Å². The largest absolute Gasteiger partial charge is 0.481 e. The molecule has 1 unspecified atom stereocenters. The van der Waals surface area contributed by atoms with Crippen LogP contribution >= 0.6 is 0 Å². The van der Waals surface area contributed by atoms with Crippen molar-refractivity contribution in [3.05, 3.63) is 23.8 Å². The fourth-order valence-corrected chi connectivity index (χ4v) is 2.54. The van der Waals surface area contributed by atoms with Crippen molar-refractivity contribution >= 4 is 5.97 Å². The van der Waals surface area contributed by atoms with Crippen LogP contribution in [0.1, 0.15) is 24.8 Å². The molecule has 2 aliphatic rings. The molecule has 3 rings (SSSR count). The number of benzene rings is 1. The molecule has 0 bridgehead atoms. The van der Waals surface area contributed by atoms with E-state index in [1.54, 1.807) is 18.2 Å². The summed E-state index contributed by atoms with van der Waals surface area (Å²) < 4.78 is 15.7. The number of hydrogen-bond acceptors (Lipinski definition) is 4. The van der Waals surface area contributed by atoms with Crippen LogP contribution in [0, 0.1) is 5.41 Å². The second-order valence-corrected chi connectivity index (χ2v) is 5.51. The molecule has 1 N–H and O–H groups in total. The number of carboxylic acids is 1. The standard InChI is InChI=1S/C14H16O5/c1-14(6-17-7-14)5-10(13(15)16)9-2-3-11-12(4-9)19-8-18-11/h2-4,10H,5-8H2,1H3,(H,15,16). The average Bonchev–Trinajstić information content (AvgIpc) is 2.80. The van der Waals surface area contributed by atoms with Crippen molar-refractivity contribution in [3.63, 3.8) is 0 Å². The van der Waals surface area contributed by atoms with Gasteiger partial charge in [-0.2, -0.15) is 0 Å². The van der Waals surface area contributed by atoms with Gasteiger partial charge in [0.05, 0.1) is 19.1 Å². The number of hydrogen-bond donors (Lipinski definition) is 1. The molecular weight excluding hydrogens is 248 g/mol. The molecule has 0 amide bonds. The Morgan fingerprint density at radius 3 is 2.74 bits per heavy atom. The SMILES string of the molecule is CC1(CC(C(=O)O)c2ccc3c(c2)OCO3)COC1. The zero-order valence-electron chi connectivity index (χ0n) is 10.7. The van der Waals surface area contributed by atoms with E-state index in [-0.39, 0.29) is 12.2 Å². The highest BCUT2D eigenvalue weighted by atomic mass is 16.7. The molecule has 1 aromatic rings. The molecule has 0 aliphatic carbocycles. The van der Waals surface area contributed by atoms with Gasteiger partial charge in [0.25, 0.3) is 0 Å². The van der Waals surface area contributed by atoms with Gasteiger partial charge in [-0.15, -0.1) is 0 Å². The van der Waals surface area contributed by atoms with Crippen molar-refractivity contribution in [2.24, 2.45) is 5.41 Å². The highest BCUT2D eigenvalue weighted by Crippen LogP contribution is 2.40. The normalized spacial score (nSPS) is 20.7. The summed E-state index contributed by atoms with van der Waals surface area (Å²) in [5.74, 6) is -0.0553. The van der Waals surface area contributed by atoms with Crippen molar-refractivity contribution in [1.82, 2.24) is 0 Å². The van der Waals surface area contributed by atoms with Gasteiger partial charge in [0.1, 0.15) is 0 Å². The van der Waals surface area contributed by atoms with Crippen LogP contribution in [-0.2, 0) is 9.53 Å². The molecule has 1 atom stereocenters. The maximum Gasteiger partial charge on any atom is 0.310 e. The quantitative estimate of drug-likeness (QED) is 0.901. The fourth-order valence-electron chi connectivity index (χ4n) is 2.54. The average molecular weight is 264 g/mol. The summed E-state index contributed by atoms with van der Waals surface area (Å²) in [6, 6.07) is 5.34. The summed E-state index contributed by atoms with van der Waals surface area (Å²) in [6.45, 7) is 3.50. The van der Waals surface area contributed by atoms with Crippen LogP contribution in [0.5, 0.6) is 11.5 Å². The number of aliphatic carboxylic acids is 1. The highest BCUT2D eigenvalue weighted by Gasteiger charge is 2.38. The minimum atomic E-state index is -0.813. The first-order valence-corrected chi connectivity index (χ1v) is 6.27. The van der Waals surface area contributed by atoms with E-state index < -0.39 is 11.9 Å². The molecule has 1 aromatic carbocycles. The van der Waals surface area contributed by atoms with Gasteiger partial charge in [-0.3, -0.25) is 4.79 Å². The second kappa shape index (κ2) is 4.42. The number of carbonyl (C=O) groups is 1. The Hall–Kier alpha value is -1.75. The van der Waals surface area contributed by atoms with Crippen molar-refractivity contribution in [2.75, 3.05) is 20.0 Å². The zero-order chi connectivity index (χ0) is 13.5. The minimum Gasteiger partial charge on any atom is -0.481 e. The molecule has 5 heteroatoms. The van der Waals surface area contributed by atoms with E-state index >= 15 is 0 Å². The van der Waals surface area contributed by atoms with Crippen LogP contribution in [0.2, 0.25) is 0 Å². The van der Waals surface area contributed by atoms with E-state index in [4.69, 9.17) is 14.2 Å². The van der Waals surface area contributed by atoms with Crippen LogP contribution in [0.15, 0.2) is 18.2 Å². The minimum absolute atomic E-state index is 0.0422. The van der Waals surface area contributed by atoms with Gasteiger partial charge < -0.3 is 19.3 Å². The van der Waals surface area contributed by atoms with Crippen molar-refractivity contribution < 1.29 is 24.1 Å². The summed E-state index contributed by atoms with van der Waals surface area (Å²) >= 11 is 0. The summed E-state index contributed by atoms with van der Waals surface area (Å²) in [4.78, 5) is 11.5. The molecule has 19 heavy (non-hydrogen) atoms. The monoisotopic (exact) mass is 264 g/mol. The zero-order valence-corrected chi connectivity index (χ0v) is 10.7. The van der Waals surface area contributed by atoms with Gasteiger partial charge in [-0.05, 0) is 24.1 Å². The smallest absolute Gasteiger partial charge is 0.310 e. The van der Waals surface area contributed by atoms with Gasteiger partial charge in [0, 0.05) is 5.41 Å². The molecule has 1 saturated heterocycles. The Morgan fingerprint density at radius 2 is 2.11 bits per heavy atom. The van der Waals surface area contributed by atoms with E-state index in [2.05, 4.69) is 6.92 Å². The molecule has 2 heterocycles. The number of carboxylic acid groups (broad SMARTS) is 1. The first-order valence-electron chi connectivity index (χ1n) is 6.27. The molecule has 0 radical (unpaired) electrons. The van der Waals surface area contributed by atoms with E-state index in [9.17, 15) is 9.90 Å². The van der Waals surface area contributed by atoms with E-state index in [1.807, 2.05) is 0 Å². The van der Waals surface area contributed by atoms with Crippen LogP contribution in [-0.4, -0.2) is 31.1 Å². The number of rotatable bonds is 4. The lowest BCUT2D eigenvalue weighted by atomic mass is 9.77. The Kier molecular flexibility index (Phi) is 2.86. The molecule has 0 saturated carbocycles. The van der Waals surface area contributed by atoms with E-state index in [0.717, 1.165) is 5.56 Å². The molecule has 2 aliphatic heterocycles. The topological polar surface area (TPSA) is 65.0 Å². The van der Waals surface area contributed by atoms with E-state index in [0.29, 0.717) is 31.1 Å². The van der Waals surface area contributed by atoms with Crippen LogP contribution < -0.4 is 9.47 Å². The third-order valence-electron chi connectivity index (χ3n) is 3.70. The van der Waals surface area contributed by atoms with Gasteiger partial charge in [-0.25, -0.2) is 0 Å². The number of fused-ring (bicyclic) bond motifs is 1. The molecule has 0 aromatic heterocycles. The Labute approximate surface area is 111 Å². The first-order chi connectivity index (χ1) is 9.07. The predicted octanol–water partition coefficient (Wildman–Crippen LogP) is 2.01.